The van der Waals surface area contributed by atoms with Gasteiger partial charge in [-0.2, -0.15) is 8.42 Å². The monoisotopic (exact) mass is 229 g/mol. The van der Waals surface area contributed by atoms with E-state index in [2.05, 4.69) is 4.99 Å². The van der Waals surface area contributed by atoms with Gasteiger partial charge in [0, 0.05) is 6.21 Å². The molecule has 0 saturated carbocycles. The van der Waals surface area contributed by atoms with Crippen LogP contribution < -0.4 is 0 Å². The highest BCUT2D eigenvalue weighted by Gasteiger charge is 2.02. The van der Waals surface area contributed by atoms with Crippen LogP contribution in [0.3, 0.4) is 0 Å². The molecule has 0 aliphatic carbocycles. The van der Waals surface area contributed by atoms with Gasteiger partial charge in [0.15, 0.2) is 0 Å². The number of aryl methyl sites for hydroxylation is 1. The average Bonchev–Trinajstić information content (AvgIpc) is 2.17. The molecular weight excluding hydrogens is 217 g/mol. The van der Waals surface area contributed by atoms with E-state index in [9.17, 15) is 12.3 Å². The van der Waals surface area contributed by atoms with Crippen molar-refractivity contribution in [2.24, 2.45) is 4.99 Å². The SMILES string of the molecule is CCc1ccc(N=CCS(=O)(=O)F)cc1. The van der Waals surface area contributed by atoms with Gasteiger partial charge >= 0.3 is 10.2 Å². The lowest BCUT2D eigenvalue weighted by Crippen LogP contribution is -1.98. The minimum Gasteiger partial charge on any atom is -0.260 e. The van der Waals surface area contributed by atoms with E-state index in [4.69, 9.17) is 0 Å². The van der Waals surface area contributed by atoms with E-state index < -0.39 is 16.0 Å². The first-order valence-corrected chi connectivity index (χ1v) is 6.10. The summed E-state index contributed by atoms with van der Waals surface area (Å²) in [7, 11) is -4.46. The second-order valence-electron chi connectivity index (χ2n) is 3.04. The molecule has 0 aromatic heterocycles. The van der Waals surface area contributed by atoms with Gasteiger partial charge < -0.3 is 0 Å². The molecule has 15 heavy (non-hydrogen) atoms. The Balaban J connectivity index is 2.65. The van der Waals surface area contributed by atoms with Crippen molar-refractivity contribution < 1.29 is 12.3 Å². The Hall–Kier alpha value is -1.23. The summed E-state index contributed by atoms with van der Waals surface area (Å²) in [5, 5.41) is 0. The van der Waals surface area contributed by atoms with E-state index >= 15 is 0 Å². The van der Waals surface area contributed by atoms with Gasteiger partial charge in [-0.3, -0.25) is 4.99 Å². The summed E-state index contributed by atoms with van der Waals surface area (Å²) in [5.41, 5.74) is 1.79. The van der Waals surface area contributed by atoms with Crippen molar-refractivity contribution in [3.8, 4) is 0 Å². The second kappa shape index (κ2) is 5.02. The summed E-state index contributed by atoms with van der Waals surface area (Å²) < 4.78 is 32.4. The van der Waals surface area contributed by atoms with Crippen LogP contribution in [0.4, 0.5) is 9.57 Å². The second-order valence-corrected chi connectivity index (χ2v) is 4.45. The molecule has 3 nitrogen and oxygen atoms in total. The highest BCUT2D eigenvalue weighted by atomic mass is 32.3. The maximum absolute atomic E-state index is 12.1. The zero-order chi connectivity index (χ0) is 11.3. The van der Waals surface area contributed by atoms with Gasteiger partial charge in [0.2, 0.25) is 0 Å². The highest BCUT2D eigenvalue weighted by Crippen LogP contribution is 2.12. The Morgan fingerprint density at radius 1 is 1.33 bits per heavy atom. The third kappa shape index (κ3) is 4.69. The molecule has 0 spiro atoms. The first-order chi connectivity index (χ1) is 7.01. The van der Waals surface area contributed by atoms with Gasteiger partial charge in [0.1, 0.15) is 5.75 Å². The van der Waals surface area contributed by atoms with Crippen molar-refractivity contribution in [1.82, 2.24) is 0 Å². The van der Waals surface area contributed by atoms with Gasteiger partial charge in [-0.05, 0) is 24.1 Å². The van der Waals surface area contributed by atoms with Gasteiger partial charge in [-0.1, -0.05) is 19.1 Å². The lowest BCUT2D eigenvalue weighted by atomic mass is 10.2. The first kappa shape index (κ1) is 11.8. The molecule has 0 heterocycles. The molecule has 0 unspecified atom stereocenters. The van der Waals surface area contributed by atoms with E-state index in [1.807, 2.05) is 19.1 Å². The normalized spacial score (nSPS) is 12.1. The number of hydrogen-bond acceptors (Lipinski definition) is 3. The van der Waals surface area contributed by atoms with Crippen LogP contribution in [-0.4, -0.2) is 20.4 Å². The predicted octanol–water partition coefficient (Wildman–Crippen LogP) is 2.25. The molecule has 0 N–H and O–H groups in total. The number of aliphatic imine (C=N–C) groups is 1. The van der Waals surface area contributed by atoms with Crippen LogP contribution in [0.1, 0.15) is 12.5 Å². The minimum absolute atomic E-state index is 0.621. The summed E-state index contributed by atoms with van der Waals surface area (Å²) in [6, 6.07) is 7.33. The number of rotatable bonds is 4. The molecule has 82 valence electrons. The first-order valence-electron chi connectivity index (χ1n) is 4.55. The quantitative estimate of drug-likeness (QED) is 0.587. The van der Waals surface area contributed by atoms with E-state index in [0.717, 1.165) is 12.6 Å². The van der Waals surface area contributed by atoms with Crippen LogP contribution in [0.5, 0.6) is 0 Å². The molecule has 1 aromatic carbocycles. The largest absolute Gasteiger partial charge is 0.307 e. The molecule has 0 radical (unpaired) electrons. The lowest BCUT2D eigenvalue weighted by molar-refractivity contribution is 0.557. The van der Waals surface area contributed by atoms with Crippen molar-refractivity contribution >= 4 is 22.1 Å². The molecule has 0 aliphatic rings. The van der Waals surface area contributed by atoms with Gasteiger partial charge in [-0.15, -0.1) is 3.89 Å². The van der Waals surface area contributed by atoms with Gasteiger partial charge in [0.05, 0.1) is 5.69 Å². The Morgan fingerprint density at radius 2 is 1.93 bits per heavy atom. The van der Waals surface area contributed by atoms with E-state index in [-0.39, 0.29) is 0 Å². The van der Waals surface area contributed by atoms with Crippen LogP contribution in [0, 0.1) is 0 Å². The molecule has 0 amide bonds. The van der Waals surface area contributed by atoms with Crippen molar-refractivity contribution in [1.29, 1.82) is 0 Å². The number of halogens is 1. The molecule has 0 fully saturated rings. The molecule has 0 saturated heterocycles. The molecule has 0 aliphatic heterocycles. The minimum atomic E-state index is -4.46. The molecule has 1 rings (SSSR count). The van der Waals surface area contributed by atoms with E-state index in [1.165, 1.54) is 5.56 Å². The van der Waals surface area contributed by atoms with Crippen LogP contribution in [-0.2, 0) is 16.6 Å². The van der Waals surface area contributed by atoms with Crippen molar-refractivity contribution in [2.45, 2.75) is 13.3 Å². The fourth-order valence-electron chi connectivity index (χ4n) is 1.05. The summed E-state index contributed by atoms with van der Waals surface area (Å²) in [4.78, 5) is 3.82. The van der Waals surface area contributed by atoms with Crippen molar-refractivity contribution in [3.05, 3.63) is 29.8 Å². The topological polar surface area (TPSA) is 46.5 Å². The fraction of sp³-hybridized carbons (Fsp3) is 0.300. The van der Waals surface area contributed by atoms with Crippen LogP contribution in [0.15, 0.2) is 29.3 Å². The van der Waals surface area contributed by atoms with Crippen LogP contribution in [0.25, 0.3) is 0 Å². The van der Waals surface area contributed by atoms with E-state index in [1.54, 1.807) is 12.1 Å². The Bertz CT molecular complexity index is 437. The summed E-state index contributed by atoms with van der Waals surface area (Å²) >= 11 is 0. The molecule has 0 atom stereocenters. The van der Waals surface area contributed by atoms with Crippen LogP contribution in [0.2, 0.25) is 0 Å². The predicted molar refractivity (Wildman–Crippen MR) is 58.9 cm³/mol. The number of nitrogens with zero attached hydrogens (tertiary/aromatic N) is 1. The smallest absolute Gasteiger partial charge is 0.260 e. The number of benzene rings is 1. The third-order valence-electron chi connectivity index (χ3n) is 1.86. The Morgan fingerprint density at radius 3 is 2.40 bits per heavy atom. The summed E-state index contributed by atoms with van der Waals surface area (Å²) in [6.07, 6.45) is 1.99. The Kier molecular flexibility index (Phi) is 3.96. The highest BCUT2D eigenvalue weighted by molar-refractivity contribution is 7.87. The van der Waals surface area contributed by atoms with Crippen molar-refractivity contribution in [2.75, 3.05) is 5.75 Å². The zero-order valence-corrected chi connectivity index (χ0v) is 9.17. The maximum Gasteiger partial charge on any atom is 0.307 e. The molecule has 5 heteroatoms. The standard InChI is InChI=1S/C10H12FNO2S/c1-2-9-3-5-10(6-4-9)12-7-8-15(11,13)14/h3-7H,2,8H2,1H3. The third-order valence-corrected chi connectivity index (χ3v) is 2.41. The van der Waals surface area contributed by atoms with Crippen LogP contribution >= 0.6 is 0 Å². The Labute approximate surface area is 88.9 Å². The fourth-order valence-corrected chi connectivity index (χ4v) is 1.30. The number of hydrogen-bond donors (Lipinski definition) is 0. The zero-order valence-electron chi connectivity index (χ0n) is 8.35. The van der Waals surface area contributed by atoms with E-state index in [0.29, 0.717) is 5.69 Å². The van der Waals surface area contributed by atoms with Gasteiger partial charge in [0.25, 0.3) is 0 Å². The average molecular weight is 229 g/mol. The summed E-state index contributed by atoms with van der Waals surface area (Å²) in [6.45, 7) is 2.04. The lowest BCUT2D eigenvalue weighted by Gasteiger charge is -1.96. The van der Waals surface area contributed by atoms with Gasteiger partial charge in [-0.25, -0.2) is 0 Å². The molecule has 1 aromatic rings. The van der Waals surface area contributed by atoms with Crippen molar-refractivity contribution in [3.63, 3.8) is 0 Å². The summed E-state index contributed by atoms with van der Waals surface area (Å²) in [5.74, 6) is -0.678. The molecule has 0 bridgehead atoms. The molecular formula is C10H12FNO2S. The maximum atomic E-state index is 12.1.